The molecule has 0 aromatic heterocycles. The van der Waals surface area contributed by atoms with Gasteiger partial charge in [0.05, 0.1) is 23.9 Å². The summed E-state index contributed by atoms with van der Waals surface area (Å²) < 4.78 is 5.72. The highest BCUT2D eigenvalue weighted by molar-refractivity contribution is 6.16. The molecule has 1 unspecified atom stereocenters. The number of carbonyl (C=O) groups excluding carboxylic acids is 2. The first-order chi connectivity index (χ1) is 14.9. The predicted molar refractivity (Wildman–Crippen MR) is 120 cm³/mol. The minimum atomic E-state index is -0.712. The Morgan fingerprint density at radius 1 is 1.26 bits per heavy atom. The molecule has 31 heavy (non-hydrogen) atoms. The Morgan fingerprint density at radius 2 is 2.06 bits per heavy atom. The van der Waals surface area contributed by atoms with Crippen molar-refractivity contribution in [3.8, 4) is 5.75 Å². The van der Waals surface area contributed by atoms with Crippen LogP contribution in [0, 0.1) is 6.92 Å². The van der Waals surface area contributed by atoms with Crippen LogP contribution in [0.3, 0.4) is 0 Å². The van der Waals surface area contributed by atoms with Gasteiger partial charge in [-0.25, -0.2) is 0 Å². The average molecular weight is 418 g/mol. The molecule has 2 aromatic carbocycles. The lowest BCUT2D eigenvalue weighted by atomic mass is 9.92. The fraction of sp³-hybridized carbons (Fsp3) is 0.320. The molecule has 6 nitrogen and oxygen atoms in total. The van der Waals surface area contributed by atoms with Crippen LogP contribution in [0.4, 0.5) is 11.4 Å². The molecule has 2 aromatic rings. The number of rotatable bonds is 6. The van der Waals surface area contributed by atoms with Crippen molar-refractivity contribution in [1.82, 2.24) is 0 Å². The summed E-state index contributed by atoms with van der Waals surface area (Å²) >= 11 is 0. The van der Waals surface area contributed by atoms with Gasteiger partial charge in [-0.3, -0.25) is 19.5 Å². The number of ketones is 1. The van der Waals surface area contributed by atoms with Crippen LogP contribution in [-0.2, 0) is 16.0 Å². The zero-order valence-corrected chi connectivity index (χ0v) is 18.0. The maximum Gasteiger partial charge on any atom is 0.294 e. The Morgan fingerprint density at radius 3 is 2.77 bits per heavy atom. The molecule has 0 spiro atoms. The molecule has 0 radical (unpaired) electrons. The van der Waals surface area contributed by atoms with Crippen LogP contribution in [0.5, 0.6) is 5.75 Å². The van der Waals surface area contributed by atoms with Gasteiger partial charge < -0.3 is 9.84 Å². The molecule has 1 amide bonds. The van der Waals surface area contributed by atoms with Crippen molar-refractivity contribution in [2.45, 2.75) is 46.1 Å². The zero-order valence-electron chi connectivity index (χ0n) is 18.0. The third kappa shape index (κ3) is 3.74. The second-order valence-electron chi connectivity index (χ2n) is 7.93. The van der Waals surface area contributed by atoms with E-state index < -0.39 is 17.7 Å². The Labute approximate surface area is 181 Å². The molecule has 2 heterocycles. The van der Waals surface area contributed by atoms with Crippen molar-refractivity contribution < 1.29 is 19.4 Å². The molecule has 1 N–H and O–H groups in total. The number of carbonyl (C=O) groups is 2. The van der Waals surface area contributed by atoms with E-state index in [1.165, 1.54) is 11.8 Å². The van der Waals surface area contributed by atoms with E-state index in [2.05, 4.69) is 4.99 Å². The summed E-state index contributed by atoms with van der Waals surface area (Å²) in [5.41, 5.74) is 4.28. The van der Waals surface area contributed by atoms with Crippen LogP contribution in [0.15, 0.2) is 52.7 Å². The number of aliphatic imine (C=N–C) groups is 1. The normalized spacial score (nSPS) is 17.8. The largest absolute Gasteiger partial charge is 0.503 e. The number of nitrogens with zero attached hydrogens (tertiary/aromatic N) is 2. The number of ether oxygens (including phenoxy) is 1. The molecule has 0 bridgehead atoms. The summed E-state index contributed by atoms with van der Waals surface area (Å²) in [7, 11) is 0. The number of fused-ring (bicyclic) bond motifs is 1. The smallest absolute Gasteiger partial charge is 0.294 e. The molecule has 0 saturated carbocycles. The average Bonchev–Trinajstić information content (AvgIpc) is 3.02. The number of amides is 1. The van der Waals surface area contributed by atoms with E-state index in [1.807, 2.05) is 56.5 Å². The van der Waals surface area contributed by atoms with E-state index in [-0.39, 0.29) is 11.4 Å². The van der Waals surface area contributed by atoms with Gasteiger partial charge in [0.2, 0.25) is 0 Å². The fourth-order valence-electron chi connectivity index (χ4n) is 4.21. The van der Waals surface area contributed by atoms with Gasteiger partial charge in [0.15, 0.2) is 11.5 Å². The first-order valence-electron chi connectivity index (χ1n) is 10.6. The van der Waals surface area contributed by atoms with E-state index in [0.29, 0.717) is 12.3 Å². The van der Waals surface area contributed by atoms with Crippen LogP contribution in [0.2, 0.25) is 0 Å². The van der Waals surface area contributed by atoms with Gasteiger partial charge in [0, 0.05) is 11.9 Å². The third-order valence-electron chi connectivity index (χ3n) is 5.72. The van der Waals surface area contributed by atoms with Gasteiger partial charge >= 0.3 is 0 Å². The molecule has 2 aliphatic heterocycles. The van der Waals surface area contributed by atoms with Crippen molar-refractivity contribution in [2.75, 3.05) is 11.5 Å². The van der Waals surface area contributed by atoms with Gasteiger partial charge in [-0.15, -0.1) is 0 Å². The molecule has 0 fully saturated rings. The zero-order chi connectivity index (χ0) is 22.1. The SMILES string of the molecule is CCCOc1ccc(C2C(C(C)=O)=C(O)C(=O)N2c2ccc3c(c2)N=CCC3)c(C)c1. The Kier molecular flexibility index (Phi) is 5.63. The van der Waals surface area contributed by atoms with E-state index >= 15 is 0 Å². The van der Waals surface area contributed by atoms with Gasteiger partial charge in [-0.1, -0.05) is 19.1 Å². The van der Waals surface area contributed by atoms with E-state index in [4.69, 9.17) is 4.74 Å². The van der Waals surface area contributed by atoms with Gasteiger partial charge in [0.1, 0.15) is 5.75 Å². The predicted octanol–water partition coefficient (Wildman–Crippen LogP) is 4.92. The van der Waals surface area contributed by atoms with Crippen LogP contribution >= 0.6 is 0 Å². The molecule has 2 aliphatic rings. The number of aliphatic hydroxyl groups is 1. The van der Waals surface area contributed by atoms with Crippen LogP contribution in [-0.4, -0.2) is 29.6 Å². The molecule has 1 atom stereocenters. The lowest BCUT2D eigenvalue weighted by molar-refractivity contribution is -0.117. The summed E-state index contributed by atoms with van der Waals surface area (Å²) in [5, 5.41) is 10.6. The van der Waals surface area contributed by atoms with Crippen LogP contribution in [0.25, 0.3) is 0 Å². The molecule has 0 aliphatic carbocycles. The summed E-state index contributed by atoms with van der Waals surface area (Å²) in [6.07, 6.45) is 4.56. The minimum absolute atomic E-state index is 0.108. The molecule has 0 saturated heterocycles. The quantitative estimate of drug-likeness (QED) is 0.722. The molecular weight excluding hydrogens is 392 g/mol. The molecule has 6 heteroatoms. The first-order valence-corrected chi connectivity index (χ1v) is 10.6. The van der Waals surface area contributed by atoms with E-state index in [0.717, 1.165) is 47.4 Å². The number of hydrogen-bond acceptors (Lipinski definition) is 5. The number of aryl methyl sites for hydroxylation is 2. The van der Waals surface area contributed by atoms with Crippen molar-refractivity contribution in [3.63, 3.8) is 0 Å². The topological polar surface area (TPSA) is 79.2 Å². The second kappa shape index (κ2) is 8.38. The number of hydrogen-bond donors (Lipinski definition) is 1. The van der Waals surface area contributed by atoms with Crippen molar-refractivity contribution in [3.05, 3.63) is 64.4 Å². The Balaban J connectivity index is 1.81. The fourth-order valence-corrected chi connectivity index (χ4v) is 4.21. The molecule has 160 valence electrons. The summed E-state index contributed by atoms with van der Waals surface area (Å²) in [4.78, 5) is 31.5. The summed E-state index contributed by atoms with van der Waals surface area (Å²) in [5.74, 6) is -0.676. The highest BCUT2D eigenvalue weighted by Gasteiger charge is 2.44. The van der Waals surface area contributed by atoms with E-state index in [9.17, 15) is 14.7 Å². The standard InChI is InChI=1S/C25H26N2O4/c1-4-12-31-19-9-10-20(15(2)13-19)23-22(16(3)28)24(29)25(30)27(23)18-8-7-17-6-5-11-26-21(17)14-18/h7-11,13-14,23,29H,4-6,12H2,1-3H3. The molecular formula is C25H26N2O4. The number of Topliss-reactive ketones (excluding diaryl/α,β-unsaturated/α-hetero) is 1. The van der Waals surface area contributed by atoms with Crippen molar-refractivity contribution >= 4 is 29.3 Å². The lowest BCUT2D eigenvalue weighted by Gasteiger charge is -2.28. The molecule has 4 rings (SSSR count). The second-order valence-corrected chi connectivity index (χ2v) is 7.93. The van der Waals surface area contributed by atoms with Crippen molar-refractivity contribution in [1.29, 1.82) is 0 Å². The third-order valence-corrected chi connectivity index (χ3v) is 5.72. The van der Waals surface area contributed by atoms with E-state index in [1.54, 1.807) is 0 Å². The van der Waals surface area contributed by atoms with Gasteiger partial charge in [0.25, 0.3) is 5.91 Å². The maximum absolute atomic E-state index is 13.1. The highest BCUT2D eigenvalue weighted by Crippen LogP contribution is 2.43. The van der Waals surface area contributed by atoms with Crippen LogP contribution in [0.1, 0.15) is 49.4 Å². The van der Waals surface area contributed by atoms with Gasteiger partial charge in [-0.2, -0.15) is 0 Å². The summed E-state index contributed by atoms with van der Waals surface area (Å²) in [6.45, 7) is 5.95. The Bertz CT molecular complexity index is 1120. The van der Waals surface area contributed by atoms with Gasteiger partial charge in [-0.05, 0) is 74.1 Å². The first kappa shape index (κ1) is 20.8. The number of anilines is 1. The van der Waals surface area contributed by atoms with Crippen LogP contribution < -0.4 is 9.64 Å². The highest BCUT2D eigenvalue weighted by atomic mass is 16.5. The maximum atomic E-state index is 13.1. The summed E-state index contributed by atoms with van der Waals surface area (Å²) in [6, 6.07) is 10.6. The number of benzene rings is 2. The minimum Gasteiger partial charge on any atom is -0.503 e. The monoisotopic (exact) mass is 418 g/mol. The van der Waals surface area contributed by atoms with Crippen molar-refractivity contribution in [2.24, 2.45) is 4.99 Å². The Hall–Kier alpha value is -3.41. The lowest BCUT2D eigenvalue weighted by Crippen LogP contribution is -2.31. The number of aliphatic hydroxyl groups excluding tert-OH is 1.